The monoisotopic (exact) mass is 185 g/mol. The van der Waals surface area contributed by atoms with Crippen LogP contribution in [0.2, 0.25) is 0 Å². The molecule has 0 spiro atoms. The first-order valence-corrected chi connectivity index (χ1v) is 5.03. The predicted molar refractivity (Wildman–Crippen MR) is 51.6 cm³/mol. The maximum atomic E-state index is 10.9. The summed E-state index contributed by atoms with van der Waals surface area (Å²) in [5.74, 6) is 0.589. The number of hydrogen-bond acceptors (Lipinski definition) is 2. The lowest BCUT2D eigenvalue weighted by atomic mass is 10.0. The molecule has 3 heteroatoms. The molecule has 0 radical (unpaired) electrons. The van der Waals surface area contributed by atoms with E-state index in [1.54, 1.807) is 0 Å². The van der Waals surface area contributed by atoms with Gasteiger partial charge in [-0.25, -0.2) is 0 Å². The molecule has 1 saturated heterocycles. The second-order valence-electron chi connectivity index (χ2n) is 4.17. The van der Waals surface area contributed by atoms with Crippen LogP contribution in [-0.2, 0) is 4.79 Å². The number of carbonyl (C=O) groups is 1. The Labute approximate surface area is 79.7 Å². The van der Waals surface area contributed by atoms with Gasteiger partial charge in [0.15, 0.2) is 0 Å². The minimum Gasteiger partial charge on any atom is -0.480 e. The number of nitrogens with zero attached hydrogens (tertiary/aromatic N) is 1. The maximum Gasteiger partial charge on any atom is 0.320 e. The summed E-state index contributed by atoms with van der Waals surface area (Å²) < 4.78 is 0. The Hall–Kier alpha value is -0.570. The van der Waals surface area contributed by atoms with E-state index in [4.69, 9.17) is 5.11 Å². The Balaban J connectivity index is 2.57. The van der Waals surface area contributed by atoms with Crippen molar-refractivity contribution in [2.75, 3.05) is 13.1 Å². The Morgan fingerprint density at radius 1 is 1.46 bits per heavy atom. The van der Waals surface area contributed by atoms with Gasteiger partial charge in [0, 0.05) is 13.1 Å². The lowest BCUT2D eigenvalue weighted by molar-refractivity contribution is -0.143. The number of carboxylic acids is 1. The smallest absolute Gasteiger partial charge is 0.320 e. The number of carboxylic acid groups (broad SMARTS) is 1. The first-order chi connectivity index (χ1) is 6.06. The highest BCUT2D eigenvalue weighted by Crippen LogP contribution is 2.24. The van der Waals surface area contributed by atoms with Crippen LogP contribution >= 0.6 is 0 Å². The van der Waals surface area contributed by atoms with E-state index in [-0.39, 0.29) is 6.04 Å². The quantitative estimate of drug-likeness (QED) is 0.723. The SMILES string of the molecule is CCC(C(=O)O)N1CC(C)C(C)C1. The average molecular weight is 185 g/mol. The summed E-state index contributed by atoms with van der Waals surface area (Å²) in [6, 6.07) is -0.271. The third-order valence-corrected chi connectivity index (χ3v) is 3.13. The molecule has 1 fully saturated rings. The minimum atomic E-state index is -0.677. The van der Waals surface area contributed by atoms with Crippen molar-refractivity contribution in [3.63, 3.8) is 0 Å². The van der Waals surface area contributed by atoms with Crippen molar-refractivity contribution in [2.24, 2.45) is 11.8 Å². The van der Waals surface area contributed by atoms with Crippen LogP contribution in [0.3, 0.4) is 0 Å². The van der Waals surface area contributed by atoms with Crippen molar-refractivity contribution in [3.8, 4) is 0 Å². The van der Waals surface area contributed by atoms with Crippen LogP contribution < -0.4 is 0 Å². The van der Waals surface area contributed by atoms with E-state index in [0.717, 1.165) is 13.1 Å². The molecule has 0 bridgehead atoms. The van der Waals surface area contributed by atoms with Gasteiger partial charge in [-0.2, -0.15) is 0 Å². The largest absolute Gasteiger partial charge is 0.480 e. The normalized spacial score (nSPS) is 31.9. The zero-order valence-corrected chi connectivity index (χ0v) is 8.66. The summed E-state index contributed by atoms with van der Waals surface area (Å²) in [6.07, 6.45) is 0.703. The van der Waals surface area contributed by atoms with Crippen LogP contribution in [0, 0.1) is 11.8 Å². The van der Waals surface area contributed by atoms with E-state index in [1.807, 2.05) is 6.92 Å². The highest BCUT2D eigenvalue weighted by atomic mass is 16.4. The molecule has 1 aliphatic rings. The van der Waals surface area contributed by atoms with Gasteiger partial charge in [0.05, 0.1) is 0 Å². The van der Waals surface area contributed by atoms with Gasteiger partial charge in [0.1, 0.15) is 6.04 Å². The number of rotatable bonds is 3. The maximum absolute atomic E-state index is 10.9. The van der Waals surface area contributed by atoms with Gasteiger partial charge in [0.2, 0.25) is 0 Å². The zero-order chi connectivity index (χ0) is 10.0. The highest BCUT2D eigenvalue weighted by Gasteiger charge is 2.33. The van der Waals surface area contributed by atoms with Crippen LogP contribution in [0.4, 0.5) is 0 Å². The fraction of sp³-hybridized carbons (Fsp3) is 0.900. The second-order valence-corrected chi connectivity index (χ2v) is 4.17. The van der Waals surface area contributed by atoms with Crippen molar-refractivity contribution >= 4 is 5.97 Å². The van der Waals surface area contributed by atoms with E-state index < -0.39 is 5.97 Å². The van der Waals surface area contributed by atoms with Gasteiger partial charge in [0.25, 0.3) is 0 Å². The molecule has 76 valence electrons. The summed E-state index contributed by atoms with van der Waals surface area (Å²) in [6.45, 7) is 8.20. The van der Waals surface area contributed by atoms with Crippen LogP contribution in [0.5, 0.6) is 0 Å². The summed E-state index contributed by atoms with van der Waals surface area (Å²) >= 11 is 0. The van der Waals surface area contributed by atoms with E-state index in [0.29, 0.717) is 18.3 Å². The Kier molecular flexibility index (Phi) is 3.31. The van der Waals surface area contributed by atoms with Crippen molar-refractivity contribution in [3.05, 3.63) is 0 Å². The Morgan fingerprint density at radius 2 is 1.92 bits per heavy atom. The molecule has 1 heterocycles. The summed E-state index contributed by atoms with van der Waals surface area (Å²) in [5, 5.41) is 8.96. The average Bonchev–Trinajstić information content (AvgIpc) is 2.32. The Bertz CT molecular complexity index is 183. The van der Waals surface area contributed by atoms with E-state index in [9.17, 15) is 4.79 Å². The molecule has 0 aromatic carbocycles. The standard InChI is InChI=1S/C10H19NO2/c1-4-9(10(12)13)11-5-7(2)8(3)6-11/h7-9H,4-6H2,1-3H3,(H,12,13). The molecule has 1 aliphatic heterocycles. The first-order valence-electron chi connectivity index (χ1n) is 5.03. The molecular formula is C10H19NO2. The van der Waals surface area contributed by atoms with E-state index >= 15 is 0 Å². The predicted octanol–water partition coefficient (Wildman–Crippen LogP) is 1.44. The van der Waals surface area contributed by atoms with Gasteiger partial charge in [-0.3, -0.25) is 9.69 Å². The van der Waals surface area contributed by atoms with E-state index in [1.165, 1.54) is 0 Å². The molecule has 3 atom stereocenters. The second kappa shape index (κ2) is 4.09. The van der Waals surface area contributed by atoms with Crippen LogP contribution in [-0.4, -0.2) is 35.1 Å². The molecule has 0 aromatic heterocycles. The van der Waals surface area contributed by atoms with Gasteiger partial charge < -0.3 is 5.11 Å². The van der Waals surface area contributed by atoms with Crippen molar-refractivity contribution in [2.45, 2.75) is 33.2 Å². The first kappa shape index (κ1) is 10.5. The molecule has 0 amide bonds. The Morgan fingerprint density at radius 3 is 2.23 bits per heavy atom. The zero-order valence-electron chi connectivity index (χ0n) is 8.66. The fourth-order valence-corrected chi connectivity index (χ4v) is 2.02. The van der Waals surface area contributed by atoms with Crippen molar-refractivity contribution in [1.82, 2.24) is 4.90 Å². The third kappa shape index (κ3) is 2.21. The van der Waals surface area contributed by atoms with Gasteiger partial charge in [-0.05, 0) is 18.3 Å². The van der Waals surface area contributed by atoms with Crippen molar-refractivity contribution in [1.29, 1.82) is 0 Å². The van der Waals surface area contributed by atoms with Gasteiger partial charge in [-0.1, -0.05) is 20.8 Å². The van der Waals surface area contributed by atoms with Gasteiger partial charge >= 0.3 is 5.97 Å². The molecule has 1 N–H and O–H groups in total. The molecular weight excluding hydrogens is 166 g/mol. The van der Waals surface area contributed by atoms with Crippen molar-refractivity contribution < 1.29 is 9.90 Å². The minimum absolute atomic E-state index is 0.271. The lowest BCUT2D eigenvalue weighted by Crippen LogP contribution is -2.39. The van der Waals surface area contributed by atoms with Gasteiger partial charge in [-0.15, -0.1) is 0 Å². The van der Waals surface area contributed by atoms with Crippen LogP contribution in [0.1, 0.15) is 27.2 Å². The van der Waals surface area contributed by atoms with Crippen LogP contribution in [0.25, 0.3) is 0 Å². The number of hydrogen-bond donors (Lipinski definition) is 1. The topological polar surface area (TPSA) is 40.5 Å². The summed E-state index contributed by atoms with van der Waals surface area (Å²) in [5.41, 5.74) is 0. The highest BCUT2D eigenvalue weighted by molar-refractivity contribution is 5.73. The third-order valence-electron chi connectivity index (χ3n) is 3.13. The molecule has 13 heavy (non-hydrogen) atoms. The number of likely N-dealkylation sites (tertiary alicyclic amines) is 1. The molecule has 3 nitrogen and oxygen atoms in total. The molecule has 0 aliphatic carbocycles. The summed E-state index contributed by atoms with van der Waals surface area (Å²) in [4.78, 5) is 13.0. The summed E-state index contributed by atoms with van der Waals surface area (Å²) in [7, 11) is 0. The van der Waals surface area contributed by atoms with Crippen LogP contribution in [0.15, 0.2) is 0 Å². The molecule has 0 saturated carbocycles. The molecule has 1 rings (SSSR count). The molecule has 0 aromatic rings. The fourth-order valence-electron chi connectivity index (χ4n) is 2.02. The molecule has 3 unspecified atom stereocenters. The number of aliphatic carboxylic acids is 1. The lowest BCUT2D eigenvalue weighted by Gasteiger charge is -2.22. The van der Waals surface area contributed by atoms with E-state index in [2.05, 4.69) is 18.7 Å².